The van der Waals surface area contributed by atoms with Crippen LogP contribution in [0.25, 0.3) is 22.3 Å². The highest BCUT2D eigenvalue weighted by atomic mass is 35.5. The summed E-state index contributed by atoms with van der Waals surface area (Å²) in [6, 6.07) is 11.6. The van der Waals surface area contributed by atoms with Crippen LogP contribution in [0.5, 0.6) is 5.75 Å². The number of rotatable bonds is 4. The fraction of sp³-hybridized carbons (Fsp3) is 0.111. The van der Waals surface area contributed by atoms with Crippen molar-refractivity contribution in [3.63, 3.8) is 0 Å². The molecule has 128 valence electrons. The van der Waals surface area contributed by atoms with Crippen molar-refractivity contribution in [2.24, 2.45) is 0 Å². The molecule has 0 saturated heterocycles. The molecule has 0 aliphatic rings. The molecule has 0 bridgehead atoms. The Morgan fingerprint density at radius 2 is 1.88 bits per heavy atom. The van der Waals surface area contributed by atoms with E-state index in [2.05, 4.69) is 0 Å². The molecule has 0 unspecified atom stereocenters. The van der Waals surface area contributed by atoms with E-state index < -0.39 is 17.5 Å². The first-order chi connectivity index (χ1) is 11.9. The van der Waals surface area contributed by atoms with Crippen molar-refractivity contribution >= 4 is 40.1 Å². The molecule has 0 spiro atoms. The number of carbonyl (C=O) groups is 1. The fourth-order valence-corrected chi connectivity index (χ4v) is 2.85. The van der Waals surface area contributed by atoms with Crippen LogP contribution in [-0.4, -0.2) is 17.2 Å². The molecule has 0 fully saturated rings. The van der Waals surface area contributed by atoms with Gasteiger partial charge in [0.15, 0.2) is 17.4 Å². The van der Waals surface area contributed by atoms with Crippen molar-refractivity contribution in [3.05, 3.63) is 62.7 Å². The number of aliphatic carboxylic acids is 1. The molecule has 3 aromatic rings. The minimum Gasteiger partial charge on any atom is -0.479 e. The van der Waals surface area contributed by atoms with Crippen LogP contribution in [0.3, 0.4) is 0 Å². The third kappa shape index (κ3) is 3.34. The van der Waals surface area contributed by atoms with Gasteiger partial charge in [-0.3, -0.25) is 4.79 Å². The Hall–Kier alpha value is -2.50. The maximum absolute atomic E-state index is 12.9. The second-order valence-corrected chi connectivity index (χ2v) is 6.16. The minimum absolute atomic E-state index is 0.107. The van der Waals surface area contributed by atoms with Crippen LogP contribution in [0.4, 0.5) is 0 Å². The van der Waals surface area contributed by atoms with Crippen LogP contribution in [0.15, 0.2) is 51.7 Å². The molecule has 1 N–H and O–H groups in total. The van der Waals surface area contributed by atoms with Crippen LogP contribution in [0, 0.1) is 0 Å². The van der Waals surface area contributed by atoms with Crippen molar-refractivity contribution in [1.82, 2.24) is 0 Å². The molecular weight excluding hydrogens is 367 g/mol. The Morgan fingerprint density at radius 3 is 2.52 bits per heavy atom. The van der Waals surface area contributed by atoms with Gasteiger partial charge in [-0.2, -0.15) is 0 Å². The Bertz CT molecular complexity index is 1010. The van der Waals surface area contributed by atoms with E-state index >= 15 is 0 Å². The number of fused-ring (bicyclic) bond motifs is 1. The van der Waals surface area contributed by atoms with Gasteiger partial charge in [-0.15, -0.1) is 0 Å². The van der Waals surface area contributed by atoms with E-state index in [0.717, 1.165) is 0 Å². The van der Waals surface area contributed by atoms with Gasteiger partial charge in [-0.05, 0) is 19.1 Å². The molecule has 0 aliphatic heterocycles. The highest BCUT2D eigenvalue weighted by Gasteiger charge is 2.23. The van der Waals surface area contributed by atoms with Crippen molar-refractivity contribution in [2.75, 3.05) is 0 Å². The summed E-state index contributed by atoms with van der Waals surface area (Å²) in [6.45, 7) is 1.33. The minimum atomic E-state index is -1.24. The Morgan fingerprint density at radius 1 is 1.20 bits per heavy atom. The fourth-order valence-electron chi connectivity index (χ4n) is 2.32. The predicted octanol–water partition coefficient (Wildman–Crippen LogP) is 4.62. The molecule has 7 heteroatoms. The summed E-state index contributed by atoms with van der Waals surface area (Å²) in [4.78, 5) is 24.0. The molecule has 1 heterocycles. The first kappa shape index (κ1) is 17.3. The summed E-state index contributed by atoms with van der Waals surface area (Å²) in [5.41, 5.74) is 0.169. The highest BCUT2D eigenvalue weighted by Crippen LogP contribution is 2.35. The zero-order valence-corrected chi connectivity index (χ0v) is 14.5. The lowest BCUT2D eigenvalue weighted by atomic mass is 10.1. The summed E-state index contributed by atoms with van der Waals surface area (Å²) in [6.07, 6.45) is -1.24. The van der Waals surface area contributed by atoms with Gasteiger partial charge < -0.3 is 14.3 Å². The number of halogens is 2. The van der Waals surface area contributed by atoms with E-state index in [4.69, 9.17) is 37.5 Å². The number of ether oxygens (including phenoxy) is 1. The second-order valence-electron chi connectivity index (χ2n) is 5.32. The molecule has 0 saturated carbocycles. The molecular formula is C18H12Cl2O5. The Kier molecular flexibility index (Phi) is 4.70. The van der Waals surface area contributed by atoms with Gasteiger partial charge in [0, 0.05) is 10.6 Å². The first-order valence-corrected chi connectivity index (χ1v) is 8.05. The van der Waals surface area contributed by atoms with Gasteiger partial charge in [0.1, 0.15) is 0 Å². The largest absolute Gasteiger partial charge is 0.479 e. The maximum atomic E-state index is 12.9. The molecule has 3 rings (SSSR count). The van der Waals surface area contributed by atoms with Crippen LogP contribution >= 0.6 is 23.2 Å². The SMILES string of the molecule is C[C@H](Oc1c(-c2ccccc2)oc2c(Cl)cc(Cl)cc2c1=O)C(=O)O. The number of carboxylic acid groups (broad SMARTS) is 1. The van der Waals surface area contributed by atoms with E-state index in [1.807, 2.05) is 0 Å². The molecule has 0 radical (unpaired) electrons. The molecule has 5 nitrogen and oxygen atoms in total. The molecule has 2 aromatic carbocycles. The van der Waals surface area contributed by atoms with Crippen molar-refractivity contribution in [1.29, 1.82) is 0 Å². The molecule has 25 heavy (non-hydrogen) atoms. The first-order valence-electron chi connectivity index (χ1n) is 7.29. The monoisotopic (exact) mass is 378 g/mol. The number of carboxylic acids is 1. The third-order valence-electron chi connectivity index (χ3n) is 3.55. The molecule has 0 amide bonds. The van der Waals surface area contributed by atoms with Gasteiger partial charge in [0.2, 0.25) is 11.2 Å². The second kappa shape index (κ2) is 6.78. The predicted molar refractivity (Wildman–Crippen MR) is 95.7 cm³/mol. The molecule has 1 atom stereocenters. The molecule has 1 aromatic heterocycles. The Labute approximate surface area is 152 Å². The van der Waals surface area contributed by atoms with E-state index in [9.17, 15) is 9.59 Å². The Balaban J connectivity index is 2.35. The van der Waals surface area contributed by atoms with Crippen molar-refractivity contribution in [2.45, 2.75) is 13.0 Å². The normalized spacial score (nSPS) is 12.1. The quantitative estimate of drug-likeness (QED) is 0.716. The summed E-state index contributed by atoms with van der Waals surface area (Å²) in [5, 5.41) is 9.65. The average molecular weight is 379 g/mol. The van der Waals surface area contributed by atoms with E-state index in [-0.39, 0.29) is 32.5 Å². The standard InChI is InChI=1S/C18H12Cl2O5/c1-9(18(22)23)24-17-14(21)12-7-11(19)8-13(20)16(12)25-15(17)10-5-3-2-4-6-10/h2-9H,1H3,(H,22,23)/t9-/m0/s1. The lowest BCUT2D eigenvalue weighted by molar-refractivity contribution is -0.144. The number of hydrogen-bond acceptors (Lipinski definition) is 4. The third-order valence-corrected chi connectivity index (χ3v) is 4.05. The van der Waals surface area contributed by atoms with E-state index in [1.165, 1.54) is 19.1 Å². The zero-order chi connectivity index (χ0) is 18.1. The van der Waals surface area contributed by atoms with Gasteiger partial charge in [-0.1, -0.05) is 53.5 Å². The van der Waals surface area contributed by atoms with Crippen LogP contribution < -0.4 is 10.2 Å². The highest BCUT2D eigenvalue weighted by molar-refractivity contribution is 6.38. The lowest BCUT2D eigenvalue weighted by Crippen LogP contribution is -2.26. The van der Waals surface area contributed by atoms with Gasteiger partial charge in [0.05, 0.1) is 10.4 Å². The van der Waals surface area contributed by atoms with Gasteiger partial charge in [0.25, 0.3) is 0 Å². The summed E-state index contributed by atoms with van der Waals surface area (Å²) in [5.74, 6) is -1.30. The summed E-state index contributed by atoms with van der Waals surface area (Å²) < 4.78 is 11.2. The van der Waals surface area contributed by atoms with Crippen molar-refractivity contribution < 1.29 is 19.1 Å². The lowest BCUT2D eigenvalue weighted by Gasteiger charge is -2.14. The topological polar surface area (TPSA) is 76.7 Å². The van der Waals surface area contributed by atoms with Gasteiger partial charge in [-0.25, -0.2) is 4.79 Å². The average Bonchev–Trinajstić information content (AvgIpc) is 2.58. The summed E-state index contributed by atoms with van der Waals surface area (Å²) >= 11 is 12.1. The van der Waals surface area contributed by atoms with E-state index in [1.54, 1.807) is 30.3 Å². The van der Waals surface area contributed by atoms with Crippen LogP contribution in [0.1, 0.15) is 6.92 Å². The number of hydrogen-bond donors (Lipinski definition) is 1. The smallest absolute Gasteiger partial charge is 0.344 e. The van der Waals surface area contributed by atoms with Crippen LogP contribution in [-0.2, 0) is 4.79 Å². The van der Waals surface area contributed by atoms with E-state index in [0.29, 0.717) is 5.56 Å². The van der Waals surface area contributed by atoms with Crippen LogP contribution in [0.2, 0.25) is 10.0 Å². The number of benzene rings is 2. The molecule has 0 aliphatic carbocycles. The zero-order valence-electron chi connectivity index (χ0n) is 13.0. The van der Waals surface area contributed by atoms with Gasteiger partial charge >= 0.3 is 5.97 Å². The summed E-state index contributed by atoms with van der Waals surface area (Å²) in [7, 11) is 0. The maximum Gasteiger partial charge on any atom is 0.344 e. The van der Waals surface area contributed by atoms with Crippen molar-refractivity contribution in [3.8, 4) is 17.1 Å².